The van der Waals surface area contributed by atoms with E-state index in [9.17, 15) is 19.1 Å². The molecule has 0 aliphatic heterocycles. The molecule has 0 saturated carbocycles. The maximum atomic E-state index is 11.9. The number of hydrogen-bond acceptors (Lipinski definition) is 3. The van der Waals surface area contributed by atoms with Crippen molar-refractivity contribution in [3.8, 4) is 0 Å². The first-order chi connectivity index (χ1) is 7.09. The molecule has 6 heteroatoms. The minimum atomic E-state index is -4.55. The summed E-state index contributed by atoms with van der Waals surface area (Å²) in [5.74, 6) is -1.29. The van der Waals surface area contributed by atoms with Crippen molar-refractivity contribution in [3.05, 3.63) is 0 Å². The van der Waals surface area contributed by atoms with Crippen molar-refractivity contribution in [2.24, 2.45) is 5.92 Å². The van der Waals surface area contributed by atoms with E-state index in [-0.39, 0.29) is 12.5 Å². The molecule has 0 fully saturated rings. The highest BCUT2D eigenvalue weighted by molar-refractivity contribution is 7.54. The Morgan fingerprint density at radius 1 is 1.31 bits per heavy atom. The maximum absolute atomic E-state index is 11.9. The molecule has 0 amide bonds. The van der Waals surface area contributed by atoms with Crippen molar-refractivity contribution in [1.82, 2.24) is 0 Å². The Morgan fingerprint density at radius 2 is 1.75 bits per heavy atom. The molecule has 0 heterocycles. The summed E-state index contributed by atoms with van der Waals surface area (Å²) in [6.07, 6.45) is -0.329. The Hall–Kier alpha value is -0.380. The Balaban J connectivity index is 5.39. The van der Waals surface area contributed by atoms with Crippen molar-refractivity contribution >= 4 is 13.6 Å². The van der Waals surface area contributed by atoms with E-state index < -0.39 is 24.6 Å². The minimum Gasteiger partial charge on any atom is -0.462 e. The fourth-order valence-corrected chi connectivity index (χ4v) is 3.14. The molecule has 96 valence electrons. The lowest BCUT2D eigenvalue weighted by Crippen LogP contribution is -2.45. The highest BCUT2D eigenvalue weighted by Crippen LogP contribution is 2.57. The van der Waals surface area contributed by atoms with Crippen LogP contribution in [0.4, 0.5) is 0 Å². The molecule has 0 aromatic carbocycles. The molecule has 0 rings (SSSR count). The van der Waals surface area contributed by atoms with E-state index in [2.05, 4.69) is 0 Å². The van der Waals surface area contributed by atoms with Gasteiger partial charge in [0.1, 0.15) is 0 Å². The van der Waals surface area contributed by atoms with Gasteiger partial charge in [-0.2, -0.15) is 0 Å². The highest BCUT2D eigenvalue weighted by Gasteiger charge is 2.55. The summed E-state index contributed by atoms with van der Waals surface area (Å²) in [6.45, 7) is 8.12. The van der Waals surface area contributed by atoms with Crippen LogP contribution in [0.5, 0.6) is 0 Å². The summed E-state index contributed by atoms with van der Waals surface area (Å²) in [6, 6.07) is 0. The first kappa shape index (κ1) is 15.6. The molecule has 0 aromatic heterocycles. The molecular weight excluding hydrogens is 231 g/mol. The molecule has 16 heavy (non-hydrogen) atoms. The second-order valence-electron chi connectivity index (χ2n) is 4.43. The lowest BCUT2D eigenvalue weighted by molar-refractivity contribution is -0.152. The van der Waals surface area contributed by atoms with E-state index >= 15 is 0 Å². The number of hydrogen-bond donors (Lipinski definition) is 2. The van der Waals surface area contributed by atoms with Gasteiger partial charge in [-0.3, -0.25) is 9.36 Å². The number of carbonyl (C=O) groups excluding carboxylic acids is 1. The van der Waals surface area contributed by atoms with Gasteiger partial charge in [-0.15, -0.1) is 0 Å². The molecule has 2 N–H and O–H groups in total. The highest BCUT2D eigenvalue weighted by atomic mass is 31.2. The Labute approximate surface area is 96.4 Å². The van der Waals surface area contributed by atoms with E-state index in [0.717, 1.165) is 0 Å². The maximum Gasteiger partial charge on any atom is 0.343 e. The standard InChI is InChI=1S/C10H21O5P/c1-6-10(7(2)3,16(12,13)14)9(11)15-8(4)5/h7-8H,6H2,1-5H3,(H2,12,13,14). The van der Waals surface area contributed by atoms with Crippen LogP contribution in [-0.2, 0) is 14.1 Å². The summed E-state index contributed by atoms with van der Waals surface area (Å²) in [5, 5.41) is -1.72. The monoisotopic (exact) mass is 252 g/mol. The molecule has 0 saturated heterocycles. The normalized spacial score (nSPS) is 16.3. The van der Waals surface area contributed by atoms with Crippen LogP contribution < -0.4 is 0 Å². The van der Waals surface area contributed by atoms with Crippen LogP contribution in [0.2, 0.25) is 0 Å². The lowest BCUT2D eigenvalue weighted by atomic mass is 9.92. The van der Waals surface area contributed by atoms with Crippen molar-refractivity contribution in [2.45, 2.75) is 52.3 Å². The molecule has 0 spiro atoms. The average Bonchev–Trinajstić information content (AvgIpc) is 2.00. The third-order valence-electron chi connectivity index (χ3n) is 2.71. The summed E-state index contributed by atoms with van der Waals surface area (Å²) >= 11 is 0. The van der Waals surface area contributed by atoms with Crippen LogP contribution in [0.25, 0.3) is 0 Å². The Bertz CT molecular complexity index is 294. The average molecular weight is 252 g/mol. The van der Waals surface area contributed by atoms with E-state index in [0.29, 0.717) is 0 Å². The van der Waals surface area contributed by atoms with Gasteiger partial charge in [0, 0.05) is 0 Å². The predicted octanol–water partition coefficient (Wildman–Crippen LogP) is 1.92. The van der Waals surface area contributed by atoms with Gasteiger partial charge in [-0.25, -0.2) is 0 Å². The molecule has 1 atom stereocenters. The molecular formula is C10H21O5P. The van der Waals surface area contributed by atoms with Gasteiger partial charge in [0.25, 0.3) is 0 Å². The van der Waals surface area contributed by atoms with E-state index in [1.54, 1.807) is 34.6 Å². The molecule has 0 radical (unpaired) electrons. The summed E-state index contributed by atoms with van der Waals surface area (Å²) in [7, 11) is -4.55. The lowest BCUT2D eigenvalue weighted by Gasteiger charge is -2.34. The van der Waals surface area contributed by atoms with Crippen LogP contribution in [0.1, 0.15) is 41.0 Å². The fourth-order valence-electron chi connectivity index (χ4n) is 1.77. The molecule has 0 aliphatic rings. The van der Waals surface area contributed by atoms with Gasteiger partial charge in [0.15, 0.2) is 5.16 Å². The summed E-state index contributed by atoms with van der Waals surface area (Å²) in [5.41, 5.74) is 0. The van der Waals surface area contributed by atoms with Crippen LogP contribution in [0.15, 0.2) is 0 Å². The fraction of sp³-hybridized carbons (Fsp3) is 0.900. The van der Waals surface area contributed by atoms with Gasteiger partial charge in [-0.1, -0.05) is 20.8 Å². The SMILES string of the molecule is CCC(C(=O)OC(C)C)(C(C)C)P(=O)(O)O. The van der Waals surface area contributed by atoms with Crippen molar-refractivity contribution < 1.29 is 23.9 Å². The van der Waals surface area contributed by atoms with Crippen molar-refractivity contribution in [1.29, 1.82) is 0 Å². The van der Waals surface area contributed by atoms with Gasteiger partial charge in [-0.05, 0) is 26.2 Å². The zero-order chi connectivity index (χ0) is 13.1. The van der Waals surface area contributed by atoms with Gasteiger partial charge in [0.05, 0.1) is 6.10 Å². The minimum absolute atomic E-state index is 0.0560. The zero-order valence-electron chi connectivity index (χ0n) is 10.4. The van der Waals surface area contributed by atoms with Gasteiger partial charge < -0.3 is 14.5 Å². The second-order valence-corrected chi connectivity index (χ2v) is 6.32. The smallest absolute Gasteiger partial charge is 0.343 e. The molecule has 0 aromatic rings. The molecule has 5 nitrogen and oxygen atoms in total. The number of ether oxygens (including phenoxy) is 1. The van der Waals surface area contributed by atoms with E-state index in [1.807, 2.05) is 0 Å². The molecule has 0 bridgehead atoms. The quantitative estimate of drug-likeness (QED) is 0.577. The number of rotatable bonds is 5. The predicted molar refractivity (Wildman–Crippen MR) is 61.1 cm³/mol. The van der Waals surface area contributed by atoms with E-state index in [4.69, 9.17) is 4.74 Å². The topological polar surface area (TPSA) is 83.8 Å². The van der Waals surface area contributed by atoms with Gasteiger partial charge in [0.2, 0.25) is 0 Å². The van der Waals surface area contributed by atoms with Crippen LogP contribution in [0.3, 0.4) is 0 Å². The zero-order valence-corrected chi connectivity index (χ0v) is 11.3. The molecule has 0 aliphatic carbocycles. The third-order valence-corrected chi connectivity index (χ3v) is 4.76. The van der Waals surface area contributed by atoms with Crippen LogP contribution in [-0.4, -0.2) is 27.0 Å². The largest absolute Gasteiger partial charge is 0.462 e. The Kier molecular flexibility index (Phi) is 5.17. The summed E-state index contributed by atoms with van der Waals surface area (Å²) < 4.78 is 16.5. The number of carbonyl (C=O) groups is 1. The van der Waals surface area contributed by atoms with Gasteiger partial charge >= 0.3 is 13.6 Å². The second kappa shape index (κ2) is 5.30. The molecule has 1 unspecified atom stereocenters. The number of esters is 1. The first-order valence-electron chi connectivity index (χ1n) is 5.36. The van der Waals surface area contributed by atoms with Crippen molar-refractivity contribution in [2.75, 3.05) is 0 Å². The first-order valence-corrected chi connectivity index (χ1v) is 6.97. The van der Waals surface area contributed by atoms with Crippen molar-refractivity contribution in [3.63, 3.8) is 0 Å². The summed E-state index contributed by atoms with van der Waals surface area (Å²) in [4.78, 5) is 30.7. The van der Waals surface area contributed by atoms with Crippen LogP contribution in [0, 0.1) is 5.92 Å². The van der Waals surface area contributed by atoms with E-state index in [1.165, 1.54) is 0 Å². The Morgan fingerprint density at radius 3 is 1.94 bits per heavy atom. The van der Waals surface area contributed by atoms with Crippen LogP contribution >= 0.6 is 7.60 Å². The third kappa shape index (κ3) is 2.84.